The molecule has 0 aliphatic carbocycles. The van der Waals surface area contributed by atoms with Crippen LogP contribution in [0.1, 0.15) is 19.3 Å². The van der Waals surface area contributed by atoms with E-state index in [0.29, 0.717) is 18.9 Å². The average Bonchev–Trinajstić information content (AvgIpc) is 2.64. The van der Waals surface area contributed by atoms with Gasteiger partial charge in [0.05, 0.1) is 6.42 Å². The summed E-state index contributed by atoms with van der Waals surface area (Å²) in [5.74, 6) is 5.06. The maximum Gasteiger partial charge on any atom is 0.327 e. The molecule has 0 spiro atoms. The van der Waals surface area contributed by atoms with E-state index >= 15 is 0 Å². The Hall–Kier alpha value is -0.690. The third-order valence-corrected chi connectivity index (χ3v) is 2.71. The van der Waals surface area contributed by atoms with E-state index in [4.69, 9.17) is 10.9 Å². The van der Waals surface area contributed by atoms with Crippen LogP contribution in [0.4, 0.5) is 0 Å². The third kappa shape index (κ3) is 4.57. The summed E-state index contributed by atoms with van der Waals surface area (Å²) in [7, 11) is 0. The molecule has 1 unspecified atom stereocenters. The van der Waals surface area contributed by atoms with Crippen LogP contribution in [0.25, 0.3) is 0 Å². The van der Waals surface area contributed by atoms with Crippen LogP contribution in [0.3, 0.4) is 0 Å². The fraction of sp³-hybridized carbons (Fsp3) is 0.889. The number of aliphatic hydroxyl groups excluding tert-OH is 1. The minimum Gasteiger partial charge on any atom is -0.396 e. The van der Waals surface area contributed by atoms with Crippen LogP contribution < -0.4 is 11.4 Å². The first kappa shape index (κ1) is 12.4. The summed E-state index contributed by atoms with van der Waals surface area (Å²) in [5, 5.41) is 8.79. The lowest BCUT2D eigenvalue weighted by atomic mass is 10.1. The maximum atomic E-state index is 11.0. The van der Waals surface area contributed by atoms with Gasteiger partial charge in [-0.25, -0.2) is 5.84 Å². The number of nitrogens with two attached hydrogens (primary N) is 1. The Bertz CT molecular complexity index is 201. The molecule has 1 atom stereocenters. The number of hydrazine groups is 1. The van der Waals surface area contributed by atoms with Gasteiger partial charge in [-0.1, -0.05) is 5.59 Å². The lowest BCUT2D eigenvalue weighted by Crippen LogP contribution is -2.29. The molecule has 0 aromatic carbocycles. The van der Waals surface area contributed by atoms with E-state index in [1.807, 2.05) is 5.59 Å². The monoisotopic (exact) mass is 217 g/mol. The quantitative estimate of drug-likeness (QED) is 0.391. The van der Waals surface area contributed by atoms with E-state index in [9.17, 15) is 4.79 Å². The first-order valence-electron chi connectivity index (χ1n) is 5.24. The molecule has 0 amide bonds. The van der Waals surface area contributed by atoms with Gasteiger partial charge in [-0.2, -0.15) is 0 Å². The molecule has 0 saturated carbocycles. The van der Waals surface area contributed by atoms with Crippen LogP contribution in [-0.4, -0.2) is 42.2 Å². The van der Waals surface area contributed by atoms with Gasteiger partial charge in [0.2, 0.25) is 0 Å². The van der Waals surface area contributed by atoms with Crippen molar-refractivity contribution in [1.29, 1.82) is 0 Å². The first-order chi connectivity index (χ1) is 7.26. The van der Waals surface area contributed by atoms with Gasteiger partial charge in [-0.3, -0.25) is 4.79 Å². The highest BCUT2D eigenvalue weighted by molar-refractivity contribution is 5.69. The van der Waals surface area contributed by atoms with E-state index in [0.717, 1.165) is 25.9 Å². The Kier molecular flexibility index (Phi) is 5.56. The van der Waals surface area contributed by atoms with E-state index in [2.05, 4.69) is 9.74 Å². The highest BCUT2D eigenvalue weighted by Crippen LogP contribution is 2.18. The highest BCUT2D eigenvalue weighted by atomic mass is 16.7. The fourth-order valence-electron chi connectivity index (χ4n) is 1.90. The lowest BCUT2D eigenvalue weighted by molar-refractivity contribution is -0.151. The van der Waals surface area contributed by atoms with Crippen LogP contribution in [-0.2, 0) is 9.63 Å². The molecule has 6 heteroatoms. The Balaban J connectivity index is 2.10. The first-order valence-corrected chi connectivity index (χ1v) is 5.24. The van der Waals surface area contributed by atoms with E-state index < -0.39 is 0 Å². The number of carbonyl (C=O) groups is 1. The molecule has 0 aromatic rings. The van der Waals surface area contributed by atoms with Crippen molar-refractivity contribution >= 4 is 5.97 Å². The Morgan fingerprint density at radius 3 is 3.13 bits per heavy atom. The standard InChI is InChI=1S/C9H19N3O3/c10-11-15-9(14)2-5-12-4-1-8(7-12)3-6-13/h8,11,13H,1-7,10H2. The zero-order valence-electron chi connectivity index (χ0n) is 8.82. The van der Waals surface area contributed by atoms with Crippen molar-refractivity contribution in [2.45, 2.75) is 19.3 Å². The minimum absolute atomic E-state index is 0.248. The van der Waals surface area contributed by atoms with Gasteiger partial charge in [-0.15, -0.1) is 0 Å². The van der Waals surface area contributed by atoms with Crippen molar-refractivity contribution < 1.29 is 14.7 Å². The van der Waals surface area contributed by atoms with Crippen molar-refractivity contribution in [3.8, 4) is 0 Å². The normalized spacial score (nSPS) is 21.9. The molecule has 4 N–H and O–H groups in total. The lowest BCUT2D eigenvalue weighted by Gasteiger charge is -2.14. The van der Waals surface area contributed by atoms with Crippen molar-refractivity contribution in [3.05, 3.63) is 0 Å². The van der Waals surface area contributed by atoms with Gasteiger partial charge in [0.25, 0.3) is 0 Å². The molecule has 0 radical (unpaired) electrons. The summed E-state index contributed by atoms with van der Waals surface area (Å²) in [6, 6.07) is 0. The van der Waals surface area contributed by atoms with E-state index in [-0.39, 0.29) is 12.6 Å². The molecule has 1 fully saturated rings. The van der Waals surface area contributed by atoms with Gasteiger partial charge >= 0.3 is 5.97 Å². The molecule has 1 rings (SSSR count). The number of hydrogen-bond donors (Lipinski definition) is 3. The number of likely N-dealkylation sites (tertiary alicyclic amines) is 1. The smallest absolute Gasteiger partial charge is 0.327 e. The average molecular weight is 217 g/mol. The largest absolute Gasteiger partial charge is 0.396 e. The second-order valence-corrected chi connectivity index (χ2v) is 3.81. The topological polar surface area (TPSA) is 87.8 Å². The summed E-state index contributed by atoms with van der Waals surface area (Å²) in [6.45, 7) is 2.90. The van der Waals surface area contributed by atoms with E-state index in [1.54, 1.807) is 0 Å². The number of nitrogens with one attached hydrogen (secondary N) is 1. The minimum atomic E-state index is -0.344. The van der Waals surface area contributed by atoms with Gasteiger partial charge in [-0.05, 0) is 25.3 Å². The zero-order chi connectivity index (χ0) is 11.1. The Morgan fingerprint density at radius 2 is 2.47 bits per heavy atom. The van der Waals surface area contributed by atoms with Gasteiger partial charge < -0.3 is 14.8 Å². The summed E-state index contributed by atoms with van der Waals surface area (Å²) in [4.78, 5) is 17.6. The Morgan fingerprint density at radius 1 is 1.67 bits per heavy atom. The van der Waals surface area contributed by atoms with E-state index in [1.165, 1.54) is 0 Å². The highest BCUT2D eigenvalue weighted by Gasteiger charge is 2.22. The van der Waals surface area contributed by atoms with Gasteiger partial charge in [0, 0.05) is 19.7 Å². The third-order valence-electron chi connectivity index (χ3n) is 2.71. The van der Waals surface area contributed by atoms with Crippen molar-refractivity contribution in [2.24, 2.45) is 11.8 Å². The van der Waals surface area contributed by atoms with Crippen molar-refractivity contribution in [3.63, 3.8) is 0 Å². The molecule has 15 heavy (non-hydrogen) atoms. The SMILES string of the molecule is NNOC(=O)CCN1CCC(CCO)C1. The predicted octanol–water partition coefficient (Wildman–Crippen LogP) is -0.998. The number of nitrogens with zero attached hydrogens (tertiary/aromatic N) is 1. The Labute approximate surface area is 89.3 Å². The molecule has 1 aliphatic heterocycles. The fourth-order valence-corrected chi connectivity index (χ4v) is 1.90. The van der Waals surface area contributed by atoms with Crippen LogP contribution in [0, 0.1) is 5.92 Å². The summed E-state index contributed by atoms with van der Waals surface area (Å²) in [6.07, 6.45) is 2.30. The number of aliphatic hydroxyl groups is 1. The number of rotatable bonds is 6. The molecule has 1 saturated heterocycles. The second kappa shape index (κ2) is 6.73. The molecule has 0 bridgehead atoms. The van der Waals surface area contributed by atoms with Crippen LogP contribution in [0.15, 0.2) is 0 Å². The summed E-state index contributed by atoms with van der Waals surface area (Å²) in [5.41, 5.74) is 1.87. The maximum absolute atomic E-state index is 11.0. The molecule has 0 aromatic heterocycles. The number of hydrogen-bond acceptors (Lipinski definition) is 6. The summed E-state index contributed by atoms with van der Waals surface area (Å²) >= 11 is 0. The second-order valence-electron chi connectivity index (χ2n) is 3.81. The van der Waals surface area contributed by atoms with Crippen LogP contribution in [0.2, 0.25) is 0 Å². The molecular formula is C9H19N3O3. The van der Waals surface area contributed by atoms with Crippen molar-refractivity contribution in [1.82, 2.24) is 10.5 Å². The zero-order valence-corrected chi connectivity index (χ0v) is 8.82. The molecule has 6 nitrogen and oxygen atoms in total. The van der Waals surface area contributed by atoms with Crippen LogP contribution >= 0.6 is 0 Å². The molecule has 88 valence electrons. The molecular weight excluding hydrogens is 198 g/mol. The number of carbonyl (C=O) groups excluding carboxylic acids is 1. The predicted molar refractivity (Wildman–Crippen MR) is 54.3 cm³/mol. The van der Waals surface area contributed by atoms with Crippen LogP contribution in [0.5, 0.6) is 0 Å². The molecule has 1 heterocycles. The van der Waals surface area contributed by atoms with Gasteiger partial charge in [0.1, 0.15) is 0 Å². The summed E-state index contributed by atoms with van der Waals surface area (Å²) < 4.78 is 0. The van der Waals surface area contributed by atoms with Crippen molar-refractivity contribution in [2.75, 3.05) is 26.2 Å². The molecule has 1 aliphatic rings. The van der Waals surface area contributed by atoms with Gasteiger partial charge in [0.15, 0.2) is 0 Å².